The molecule has 0 aliphatic heterocycles. The van der Waals surface area contributed by atoms with Crippen LogP contribution in [-0.2, 0) is 4.74 Å². The zero-order chi connectivity index (χ0) is 19.1. The molecule has 0 amide bonds. The van der Waals surface area contributed by atoms with Crippen molar-refractivity contribution in [3.05, 3.63) is 0 Å². The lowest BCUT2D eigenvalue weighted by Gasteiger charge is -2.33. The Morgan fingerprint density at radius 2 is 1.72 bits per heavy atom. The van der Waals surface area contributed by atoms with Crippen LogP contribution in [0.4, 0.5) is 0 Å². The lowest BCUT2D eigenvalue weighted by atomic mass is 10.0. The van der Waals surface area contributed by atoms with E-state index < -0.39 is 6.10 Å². The largest absolute Gasteiger partial charge is 0.391 e. The minimum atomic E-state index is -0.438. The molecule has 1 N–H and O–H groups in total. The van der Waals surface area contributed by atoms with E-state index in [9.17, 15) is 5.11 Å². The molecule has 0 aromatic heterocycles. The molecule has 0 aliphatic rings. The van der Waals surface area contributed by atoms with Gasteiger partial charge in [-0.25, -0.2) is 0 Å². The zero-order valence-electron chi connectivity index (χ0n) is 16.9. The maximum absolute atomic E-state index is 10.4. The van der Waals surface area contributed by atoms with Crippen LogP contribution in [0.1, 0.15) is 85.5 Å². The van der Waals surface area contributed by atoms with Crippen molar-refractivity contribution < 1.29 is 9.84 Å². The van der Waals surface area contributed by atoms with Gasteiger partial charge in [0, 0.05) is 19.2 Å². The summed E-state index contributed by atoms with van der Waals surface area (Å²) in [7, 11) is 0. The highest BCUT2D eigenvalue weighted by atomic mass is 32.1. The molecular formula is C20H41NO2S2. The summed E-state index contributed by atoms with van der Waals surface area (Å²) < 4.78 is 6.47. The summed E-state index contributed by atoms with van der Waals surface area (Å²) in [5.41, 5.74) is 0. The monoisotopic (exact) mass is 391 g/mol. The lowest BCUT2D eigenvalue weighted by Crippen LogP contribution is -2.41. The van der Waals surface area contributed by atoms with E-state index in [1.165, 1.54) is 19.3 Å². The molecule has 0 aromatic rings. The third-order valence-corrected chi connectivity index (χ3v) is 5.30. The molecule has 150 valence electrons. The molecule has 0 radical (unpaired) electrons. The quantitative estimate of drug-likeness (QED) is 0.270. The Morgan fingerprint density at radius 3 is 2.24 bits per heavy atom. The summed E-state index contributed by atoms with van der Waals surface area (Å²) in [6, 6.07) is 0.252. The van der Waals surface area contributed by atoms with Crippen molar-refractivity contribution in [1.82, 2.24) is 4.90 Å². The molecule has 0 saturated carbocycles. The van der Waals surface area contributed by atoms with E-state index in [2.05, 4.69) is 45.2 Å². The highest BCUT2D eigenvalue weighted by Crippen LogP contribution is 2.18. The Bertz CT molecular complexity index is 329. The minimum Gasteiger partial charge on any atom is -0.391 e. The summed E-state index contributed by atoms with van der Waals surface area (Å²) in [5, 5.41) is 10.4. The smallest absolute Gasteiger partial charge is 0.133 e. The number of hydrogen-bond donors (Lipinski definition) is 2. The van der Waals surface area contributed by atoms with Gasteiger partial charge < -0.3 is 14.7 Å². The third kappa shape index (κ3) is 12.2. The molecule has 0 bridgehead atoms. The van der Waals surface area contributed by atoms with E-state index in [1.807, 2.05) is 0 Å². The van der Waals surface area contributed by atoms with Crippen LogP contribution in [0.2, 0.25) is 0 Å². The van der Waals surface area contributed by atoms with Crippen LogP contribution in [0.3, 0.4) is 0 Å². The summed E-state index contributed by atoms with van der Waals surface area (Å²) in [6.07, 6.45) is 9.45. The first-order valence-corrected chi connectivity index (χ1v) is 11.1. The predicted molar refractivity (Wildman–Crippen MR) is 117 cm³/mol. The summed E-state index contributed by atoms with van der Waals surface area (Å²) in [6.45, 7) is 10.9. The van der Waals surface area contributed by atoms with Gasteiger partial charge in [0.25, 0.3) is 0 Å². The van der Waals surface area contributed by atoms with Crippen molar-refractivity contribution in [2.24, 2.45) is 5.92 Å². The Balaban J connectivity index is 4.41. The molecule has 0 heterocycles. The van der Waals surface area contributed by atoms with Crippen molar-refractivity contribution in [2.45, 2.75) is 97.6 Å². The highest BCUT2D eigenvalue weighted by Gasteiger charge is 2.22. The third-order valence-electron chi connectivity index (χ3n) is 4.81. The molecular weight excluding hydrogens is 350 g/mol. The van der Waals surface area contributed by atoms with Crippen molar-refractivity contribution in [3.63, 3.8) is 0 Å². The Labute approximate surface area is 167 Å². The van der Waals surface area contributed by atoms with Gasteiger partial charge >= 0.3 is 0 Å². The van der Waals surface area contributed by atoms with Crippen LogP contribution in [0, 0.1) is 5.92 Å². The van der Waals surface area contributed by atoms with Crippen molar-refractivity contribution in [1.29, 1.82) is 0 Å². The highest BCUT2D eigenvalue weighted by molar-refractivity contribution is 8.10. The topological polar surface area (TPSA) is 32.7 Å². The number of thiocarbonyl (C=S) groups is 1. The Morgan fingerprint density at radius 1 is 1.04 bits per heavy atom. The van der Waals surface area contributed by atoms with Gasteiger partial charge in [-0.05, 0) is 31.6 Å². The Hall–Kier alpha value is 0.160. The first kappa shape index (κ1) is 25.2. The van der Waals surface area contributed by atoms with Crippen LogP contribution in [0.25, 0.3) is 0 Å². The van der Waals surface area contributed by atoms with Crippen molar-refractivity contribution in [3.8, 4) is 0 Å². The number of ether oxygens (including phenoxy) is 1. The molecule has 3 nitrogen and oxygen atoms in total. The fourth-order valence-corrected chi connectivity index (χ4v) is 3.65. The number of aliphatic hydroxyl groups excluding tert-OH is 1. The standard InChI is InChI=1S/C20H41NO2S2/c1-5-9-12-17(8-4)15-23-16-19(22)14-18(11-7-3)21(20(24)25)13-10-6-2/h17-19,22H,5-16H2,1-4H3,(H,24,25). The van der Waals surface area contributed by atoms with Gasteiger partial charge in [-0.1, -0.05) is 72.0 Å². The molecule has 0 saturated heterocycles. The fourth-order valence-electron chi connectivity index (χ4n) is 3.15. The predicted octanol–water partition coefficient (Wildman–Crippen LogP) is 5.46. The number of nitrogens with zero attached hydrogens (tertiary/aromatic N) is 1. The minimum absolute atomic E-state index is 0.252. The van der Waals surface area contributed by atoms with Crippen LogP contribution < -0.4 is 0 Å². The van der Waals surface area contributed by atoms with E-state index in [0.29, 0.717) is 23.3 Å². The molecule has 0 rings (SSSR count). The number of aliphatic hydroxyl groups is 1. The van der Waals surface area contributed by atoms with Gasteiger partial charge in [0.15, 0.2) is 0 Å². The van der Waals surface area contributed by atoms with Crippen LogP contribution in [0.5, 0.6) is 0 Å². The molecule has 0 spiro atoms. The maximum Gasteiger partial charge on any atom is 0.133 e. The second kappa shape index (κ2) is 16.3. The average Bonchev–Trinajstić information content (AvgIpc) is 2.58. The second-order valence-corrected chi connectivity index (χ2v) is 8.23. The number of thiol groups is 1. The number of hydrogen-bond acceptors (Lipinski definition) is 3. The second-order valence-electron chi connectivity index (χ2n) is 7.12. The first-order chi connectivity index (χ1) is 12.0. The van der Waals surface area contributed by atoms with Gasteiger partial charge in [-0.15, -0.1) is 12.6 Å². The molecule has 25 heavy (non-hydrogen) atoms. The fraction of sp³-hybridized carbons (Fsp3) is 0.950. The first-order valence-electron chi connectivity index (χ1n) is 10.2. The molecule has 5 heteroatoms. The van der Waals surface area contributed by atoms with Crippen molar-refractivity contribution in [2.75, 3.05) is 19.8 Å². The van der Waals surface area contributed by atoms with E-state index >= 15 is 0 Å². The molecule has 0 aliphatic carbocycles. The van der Waals surface area contributed by atoms with E-state index in [4.69, 9.17) is 17.0 Å². The molecule has 0 aromatic carbocycles. The van der Waals surface area contributed by atoms with Gasteiger partial charge in [0.2, 0.25) is 0 Å². The summed E-state index contributed by atoms with van der Waals surface area (Å²) >= 11 is 9.74. The van der Waals surface area contributed by atoms with E-state index in [0.717, 1.165) is 45.3 Å². The Kier molecular flexibility index (Phi) is 16.4. The van der Waals surface area contributed by atoms with Gasteiger partial charge in [0.1, 0.15) is 4.32 Å². The van der Waals surface area contributed by atoms with Crippen LogP contribution in [-0.4, -0.2) is 46.2 Å². The van der Waals surface area contributed by atoms with Crippen LogP contribution >= 0.6 is 24.8 Å². The van der Waals surface area contributed by atoms with Gasteiger partial charge in [-0.3, -0.25) is 0 Å². The number of rotatable bonds is 16. The summed E-state index contributed by atoms with van der Waals surface area (Å²) in [4.78, 5) is 2.19. The van der Waals surface area contributed by atoms with Gasteiger partial charge in [0.05, 0.1) is 12.7 Å². The number of unbranched alkanes of at least 4 members (excludes halogenated alkanes) is 2. The summed E-state index contributed by atoms with van der Waals surface area (Å²) in [5.74, 6) is 0.615. The SMILES string of the molecule is CCCCC(CC)COCC(O)CC(CCC)N(CCCC)C(=S)S. The van der Waals surface area contributed by atoms with E-state index in [-0.39, 0.29) is 6.04 Å². The van der Waals surface area contributed by atoms with E-state index in [1.54, 1.807) is 0 Å². The molecule has 3 unspecified atom stereocenters. The van der Waals surface area contributed by atoms with Crippen LogP contribution in [0.15, 0.2) is 0 Å². The van der Waals surface area contributed by atoms with Crippen molar-refractivity contribution >= 4 is 29.2 Å². The maximum atomic E-state index is 10.4. The normalized spacial score (nSPS) is 15.0. The average molecular weight is 392 g/mol. The molecule has 3 atom stereocenters. The molecule has 0 fully saturated rings. The lowest BCUT2D eigenvalue weighted by molar-refractivity contribution is 0.00626. The van der Waals surface area contributed by atoms with Gasteiger partial charge in [-0.2, -0.15) is 0 Å². The zero-order valence-corrected chi connectivity index (χ0v) is 18.6.